The van der Waals surface area contributed by atoms with Gasteiger partial charge in [-0.15, -0.1) is 11.3 Å². The highest BCUT2D eigenvalue weighted by Crippen LogP contribution is 2.37. The van der Waals surface area contributed by atoms with Crippen molar-refractivity contribution in [1.29, 1.82) is 5.26 Å². The minimum atomic E-state index is -0.299. The standard InChI is InChI=1S/C37H36F2N6OS/c1-3-31-36(30-10-9-29(23(2)35(30)39)37-42-32(22-47-37)26-4-7-28(38)8-5-26)45-20-27(6-11-33(45)41-31)25-13-15-43(16-14-25)21-34(46)44-17-12-24(18-40)19-44/h4-11,20,22,24-25H,3,12-17,19,21H2,1-2H3/t24-/m1/s1. The van der Waals surface area contributed by atoms with Crippen molar-refractivity contribution in [3.8, 4) is 39.2 Å². The highest BCUT2D eigenvalue weighted by Gasteiger charge is 2.29. The van der Waals surface area contributed by atoms with Crippen LogP contribution in [0.25, 0.3) is 38.7 Å². The number of carbonyl (C=O) groups is 1. The maximum atomic E-state index is 16.3. The van der Waals surface area contributed by atoms with E-state index in [1.54, 1.807) is 19.1 Å². The van der Waals surface area contributed by atoms with Crippen molar-refractivity contribution >= 4 is 22.9 Å². The van der Waals surface area contributed by atoms with E-state index in [1.165, 1.54) is 29.0 Å². The number of aryl methyl sites for hydroxylation is 1. The molecule has 0 radical (unpaired) electrons. The van der Waals surface area contributed by atoms with E-state index in [9.17, 15) is 14.4 Å². The number of halogens is 2. The number of aromatic nitrogens is 3. The Balaban J connectivity index is 1.12. The molecule has 10 heteroatoms. The van der Waals surface area contributed by atoms with Gasteiger partial charge in [-0.2, -0.15) is 5.26 Å². The number of imidazole rings is 1. The van der Waals surface area contributed by atoms with Crippen LogP contribution < -0.4 is 0 Å². The Bertz CT molecular complexity index is 1990. The topological polar surface area (TPSA) is 77.5 Å². The number of likely N-dealkylation sites (tertiary alicyclic amines) is 2. The number of hydrogen-bond acceptors (Lipinski definition) is 6. The molecule has 0 unspecified atom stereocenters. The molecule has 5 aromatic rings. The van der Waals surface area contributed by atoms with Crippen LogP contribution in [0.3, 0.4) is 0 Å². The number of benzene rings is 2. The average molecular weight is 651 g/mol. The number of rotatable bonds is 7. The van der Waals surface area contributed by atoms with Crippen molar-refractivity contribution < 1.29 is 13.6 Å². The molecule has 47 heavy (non-hydrogen) atoms. The monoisotopic (exact) mass is 650 g/mol. The Hall–Kier alpha value is -4.46. The average Bonchev–Trinajstić information content (AvgIpc) is 3.85. The predicted octanol–water partition coefficient (Wildman–Crippen LogP) is 7.49. The maximum absolute atomic E-state index is 16.3. The second-order valence-corrected chi connectivity index (χ2v) is 13.5. The van der Waals surface area contributed by atoms with E-state index >= 15 is 4.39 Å². The van der Waals surface area contributed by atoms with E-state index < -0.39 is 0 Å². The van der Waals surface area contributed by atoms with E-state index in [0.29, 0.717) is 48.1 Å². The minimum Gasteiger partial charge on any atom is -0.340 e. The van der Waals surface area contributed by atoms with Crippen LogP contribution in [0.15, 0.2) is 60.1 Å². The lowest BCUT2D eigenvalue weighted by Crippen LogP contribution is -2.42. The first-order valence-electron chi connectivity index (χ1n) is 16.2. The lowest BCUT2D eigenvalue weighted by molar-refractivity contribution is -0.131. The summed E-state index contributed by atoms with van der Waals surface area (Å²) in [4.78, 5) is 26.5. The van der Waals surface area contributed by atoms with Crippen LogP contribution in [0, 0.1) is 35.8 Å². The van der Waals surface area contributed by atoms with Gasteiger partial charge in [-0.05, 0) is 99.1 Å². The van der Waals surface area contributed by atoms with Gasteiger partial charge in [0.1, 0.15) is 22.3 Å². The van der Waals surface area contributed by atoms with Gasteiger partial charge in [-0.1, -0.05) is 19.1 Å². The molecule has 0 bridgehead atoms. The van der Waals surface area contributed by atoms with E-state index in [0.717, 1.165) is 66.2 Å². The molecule has 0 aliphatic carbocycles. The number of nitriles is 1. The Morgan fingerprint density at radius 2 is 1.77 bits per heavy atom. The summed E-state index contributed by atoms with van der Waals surface area (Å²) in [6, 6.07) is 16.4. The van der Waals surface area contributed by atoms with Crippen molar-refractivity contribution in [1.82, 2.24) is 24.2 Å². The van der Waals surface area contributed by atoms with Crippen LogP contribution in [0.4, 0.5) is 8.78 Å². The van der Waals surface area contributed by atoms with Crippen LogP contribution in [0.5, 0.6) is 0 Å². The molecule has 2 fully saturated rings. The molecule has 1 amide bonds. The number of hydrogen-bond donors (Lipinski definition) is 0. The number of thiazole rings is 1. The lowest BCUT2D eigenvalue weighted by Gasteiger charge is -2.32. The molecule has 2 aliphatic heterocycles. The first kappa shape index (κ1) is 31.2. The van der Waals surface area contributed by atoms with Crippen LogP contribution >= 0.6 is 11.3 Å². The third-order valence-corrected chi connectivity index (χ3v) is 10.6. The molecule has 0 spiro atoms. The summed E-state index contributed by atoms with van der Waals surface area (Å²) < 4.78 is 31.8. The second-order valence-electron chi connectivity index (χ2n) is 12.6. The predicted molar refractivity (Wildman–Crippen MR) is 180 cm³/mol. The summed E-state index contributed by atoms with van der Waals surface area (Å²) in [6.45, 7) is 7.11. The summed E-state index contributed by atoms with van der Waals surface area (Å²) >= 11 is 1.44. The highest BCUT2D eigenvalue weighted by atomic mass is 32.1. The van der Waals surface area contributed by atoms with E-state index in [1.807, 2.05) is 39.8 Å². The molecular weight excluding hydrogens is 615 g/mol. The molecule has 7 rings (SSSR count). The van der Waals surface area contributed by atoms with Gasteiger partial charge in [0.05, 0.1) is 35.6 Å². The number of pyridine rings is 1. The first-order valence-corrected chi connectivity index (χ1v) is 17.1. The van der Waals surface area contributed by atoms with Crippen LogP contribution in [-0.4, -0.2) is 62.8 Å². The zero-order valence-electron chi connectivity index (χ0n) is 26.5. The Morgan fingerprint density at radius 1 is 1.00 bits per heavy atom. The smallest absolute Gasteiger partial charge is 0.236 e. The fraction of sp³-hybridized carbons (Fsp3) is 0.351. The zero-order valence-corrected chi connectivity index (χ0v) is 27.4. The molecule has 5 heterocycles. The fourth-order valence-corrected chi connectivity index (χ4v) is 7.85. The fourth-order valence-electron chi connectivity index (χ4n) is 6.94. The Kier molecular flexibility index (Phi) is 8.60. The normalized spacial score (nSPS) is 17.4. The SMILES string of the molecule is CCc1nc2ccc(C3CCN(CC(=O)N4CC[C@H](C#N)C4)CC3)cn2c1-c1ccc(-c2nc(-c3ccc(F)cc3)cs2)c(C)c1F. The Morgan fingerprint density at radius 3 is 2.49 bits per heavy atom. The molecular formula is C37H36F2N6OS. The second kappa shape index (κ2) is 13.0. The first-order chi connectivity index (χ1) is 22.8. The molecule has 240 valence electrons. The van der Waals surface area contributed by atoms with Crippen molar-refractivity contribution in [2.75, 3.05) is 32.7 Å². The highest BCUT2D eigenvalue weighted by molar-refractivity contribution is 7.13. The molecule has 0 saturated carbocycles. The third kappa shape index (κ3) is 6.06. The number of fused-ring (bicyclic) bond motifs is 1. The zero-order chi connectivity index (χ0) is 32.7. The molecule has 7 nitrogen and oxygen atoms in total. The quantitative estimate of drug-likeness (QED) is 0.182. The van der Waals surface area contributed by atoms with E-state index in [4.69, 9.17) is 9.97 Å². The third-order valence-electron chi connectivity index (χ3n) is 9.71. The van der Waals surface area contributed by atoms with Crippen molar-refractivity contribution in [3.63, 3.8) is 0 Å². The van der Waals surface area contributed by atoms with Gasteiger partial charge < -0.3 is 4.90 Å². The van der Waals surface area contributed by atoms with Crippen LogP contribution in [-0.2, 0) is 11.2 Å². The largest absolute Gasteiger partial charge is 0.340 e. The molecule has 2 aromatic carbocycles. The van der Waals surface area contributed by atoms with E-state index in [2.05, 4.69) is 23.2 Å². The molecule has 2 aliphatic rings. The minimum absolute atomic E-state index is 0.0449. The number of carbonyl (C=O) groups excluding carboxylic acids is 1. The summed E-state index contributed by atoms with van der Waals surface area (Å²) in [5, 5.41) is 11.8. The van der Waals surface area contributed by atoms with Gasteiger partial charge in [-0.25, -0.2) is 18.7 Å². The van der Waals surface area contributed by atoms with Crippen molar-refractivity contribution in [3.05, 3.63) is 88.6 Å². The molecule has 3 aromatic heterocycles. The summed E-state index contributed by atoms with van der Waals surface area (Å²) in [6.07, 6.45) is 5.41. The number of piperidine rings is 1. The number of nitrogens with zero attached hydrogens (tertiary/aromatic N) is 6. The van der Waals surface area contributed by atoms with Gasteiger partial charge in [0, 0.05) is 41.4 Å². The van der Waals surface area contributed by atoms with E-state index in [-0.39, 0.29) is 23.5 Å². The Labute approximate surface area is 277 Å². The number of amides is 1. The van der Waals surface area contributed by atoms with Crippen LogP contribution in [0.2, 0.25) is 0 Å². The molecule has 1 atom stereocenters. The van der Waals surface area contributed by atoms with Gasteiger partial charge in [0.25, 0.3) is 0 Å². The maximum Gasteiger partial charge on any atom is 0.236 e. The summed E-state index contributed by atoms with van der Waals surface area (Å²) in [7, 11) is 0. The van der Waals surface area contributed by atoms with Crippen molar-refractivity contribution in [2.24, 2.45) is 5.92 Å². The van der Waals surface area contributed by atoms with Crippen LogP contribution in [0.1, 0.15) is 48.9 Å². The molecule has 0 N–H and O–H groups in total. The van der Waals surface area contributed by atoms with Gasteiger partial charge in [0.2, 0.25) is 5.91 Å². The van der Waals surface area contributed by atoms with Gasteiger partial charge in [0.15, 0.2) is 0 Å². The van der Waals surface area contributed by atoms with Crippen molar-refractivity contribution in [2.45, 2.75) is 45.4 Å². The summed E-state index contributed by atoms with van der Waals surface area (Å²) in [5.74, 6) is -0.192. The molecule has 2 saturated heterocycles. The lowest BCUT2D eigenvalue weighted by atomic mass is 9.90. The summed E-state index contributed by atoms with van der Waals surface area (Å²) in [5.41, 5.74) is 6.90. The van der Waals surface area contributed by atoms with Gasteiger partial charge >= 0.3 is 0 Å². The van der Waals surface area contributed by atoms with Gasteiger partial charge in [-0.3, -0.25) is 14.1 Å².